The van der Waals surface area contributed by atoms with Crippen LogP contribution in [0.15, 0.2) is 60.8 Å². The topological polar surface area (TPSA) is 27.1 Å². The van der Waals surface area contributed by atoms with E-state index in [-0.39, 0.29) is 0 Å². The van der Waals surface area contributed by atoms with E-state index in [0.29, 0.717) is 10.9 Å². The number of hydrogen-bond acceptors (Lipinski definition) is 2. The molecule has 0 saturated heterocycles. The van der Waals surface area contributed by atoms with E-state index in [1.165, 1.54) is 5.56 Å². The fourth-order valence-electron chi connectivity index (χ4n) is 3.14. The van der Waals surface area contributed by atoms with Gasteiger partial charge in [0.1, 0.15) is 5.75 Å². The molecule has 4 heteroatoms. The number of fused-ring (bicyclic) bond motifs is 3. The van der Waals surface area contributed by atoms with Crippen LogP contribution in [0.4, 0.5) is 4.39 Å². The molecule has 0 atom stereocenters. The van der Waals surface area contributed by atoms with Crippen LogP contribution >= 0.6 is 0 Å². The first-order chi connectivity index (χ1) is 11.8. The molecule has 0 aliphatic heterocycles. The normalized spacial score (nSPS) is 11.2. The molecular weight excluding hydrogens is 303 g/mol. The van der Waals surface area contributed by atoms with Crippen molar-refractivity contribution in [1.82, 2.24) is 9.55 Å². The monoisotopic (exact) mass is 320 g/mol. The summed E-state index contributed by atoms with van der Waals surface area (Å²) in [5.41, 5.74) is 2.78. The van der Waals surface area contributed by atoms with Crippen molar-refractivity contribution in [2.75, 3.05) is 7.11 Å². The maximum absolute atomic E-state index is 14.3. The second-order valence-electron chi connectivity index (χ2n) is 5.79. The third-order valence-electron chi connectivity index (χ3n) is 4.34. The molecule has 4 rings (SSSR count). The third kappa shape index (κ3) is 2.50. The van der Waals surface area contributed by atoms with Gasteiger partial charge in [-0.3, -0.25) is 0 Å². The summed E-state index contributed by atoms with van der Waals surface area (Å²) < 4.78 is 21.6. The molecule has 0 saturated carbocycles. The zero-order valence-electron chi connectivity index (χ0n) is 13.4. The van der Waals surface area contributed by atoms with Crippen LogP contribution in [0, 0.1) is 5.95 Å². The highest BCUT2D eigenvalue weighted by Crippen LogP contribution is 2.27. The zero-order valence-corrected chi connectivity index (χ0v) is 13.4. The van der Waals surface area contributed by atoms with Crippen molar-refractivity contribution in [3.63, 3.8) is 0 Å². The van der Waals surface area contributed by atoms with E-state index >= 15 is 0 Å². The SMILES string of the molecule is COc1cccc(CCn2ccc3c(F)nc4ccccc4c32)c1. The Bertz CT molecular complexity index is 1020. The maximum atomic E-state index is 14.3. The van der Waals surface area contributed by atoms with Crippen LogP contribution in [0.3, 0.4) is 0 Å². The van der Waals surface area contributed by atoms with Crippen LogP contribution in [0.25, 0.3) is 21.8 Å². The summed E-state index contributed by atoms with van der Waals surface area (Å²) in [5.74, 6) is 0.439. The molecule has 0 bridgehead atoms. The summed E-state index contributed by atoms with van der Waals surface area (Å²) in [6, 6.07) is 17.5. The molecule has 0 radical (unpaired) electrons. The summed E-state index contributed by atoms with van der Waals surface area (Å²) in [6.45, 7) is 0.768. The fraction of sp³-hybridized carbons (Fsp3) is 0.150. The molecule has 0 N–H and O–H groups in total. The summed E-state index contributed by atoms with van der Waals surface area (Å²) >= 11 is 0. The lowest BCUT2D eigenvalue weighted by atomic mass is 10.1. The van der Waals surface area contributed by atoms with E-state index in [1.807, 2.05) is 48.7 Å². The van der Waals surface area contributed by atoms with Crippen molar-refractivity contribution < 1.29 is 9.13 Å². The average Bonchev–Trinajstić information content (AvgIpc) is 3.05. The Morgan fingerprint density at radius 2 is 1.92 bits per heavy atom. The Labute approximate surface area is 139 Å². The van der Waals surface area contributed by atoms with Crippen molar-refractivity contribution in [3.8, 4) is 5.75 Å². The number of ether oxygens (including phenoxy) is 1. The Balaban J connectivity index is 1.74. The molecule has 0 spiro atoms. The Hall–Kier alpha value is -2.88. The van der Waals surface area contributed by atoms with Crippen molar-refractivity contribution in [1.29, 1.82) is 0 Å². The van der Waals surface area contributed by atoms with Crippen LogP contribution < -0.4 is 4.74 Å². The van der Waals surface area contributed by atoms with E-state index < -0.39 is 5.95 Å². The van der Waals surface area contributed by atoms with Gasteiger partial charge in [-0.15, -0.1) is 0 Å². The van der Waals surface area contributed by atoms with Gasteiger partial charge in [-0.2, -0.15) is 4.39 Å². The fourth-order valence-corrected chi connectivity index (χ4v) is 3.14. The minimum absolute atomic E-state index is 0.413. The van der Waals surface area contributed by atoms with Crippen molar-refractivity contribution in [3.05, 3.63) is 72.3 Å². The Kier molecular flexibility index (Phi) is 3.65. The minimum atomic E-state index is -0.413. The van der Waals surface area contributed by atoms with Gasteiger partial charge in [0.05, 0.1) is 23.5 Å². The summed E-state index contributed by atoms with van der Waals surface area (Å²) in [4.78, 5) is 4.06. The number of halogens is 1. The number of methoxy groups -OCH3 is 1. The molecule has 0 amide bonds. The lowest BCUT2D eigenvalue weighted by Crippen LogP contribution is -2.01. The van der Waals surface area contributed by atoms with Crippen molar-refractivity contribution in [2.24, 2.45) is 0 Å². The van der Waals surface area contributed by atoms with Gasteiger partial charge in [0.25, 0.3) is 0 Å². The Morgan fingerprint density at radius 3 is 2.79 bits per heavy atom. The largest absolute Gasteiger partial charge is 0.497 e. The minimum Gasteiger partial charge on any atom is -0.497 e. The molecule has 0 fully saturated rings. The predicted molar refractivity (Wildman–Crippen MR) is 93.9 cm³/mol. The molecule has 0 aliphatic carbocycles. The highest BCUT2D eigenvalue weighted by Gasteiger charge is 2.12. The van der Waals surface area contributed by atoms with Crippen LogP contribution in [0.5, 0.6) is 5.75 Å². The number of para-hydroxylation sites is 1. The summed E-state index contributed by atoms with van der Waals surface area (Å²) in [6.07, 6.45) is 2.78. The standard InChI is InChI=1S/C20H17FN2O/c1-24-15-6-4-5-14(13-15)9-11-23-12-10-17-19(23)16-7-2-3-8-18(16)22-20(17)21/h2-8,10,12-13H,9,11H2,1H3. The highest BCUT2D eigenvalue weighted by molar-refractivity contribution is 6.03. The molecule has 0 unspecified atom stereocenters. The quantitative estimate of drug-likeness (QED) is 0.515. The maximum Gasteiger partial charge on any atom is 0.222 e. The van der Waals surface area contributed by atoms with Crippen molar-refractivity contribution in [2.45, 2.75) is 13.0 Å². The van der Waals surface area contributed by atoms with Gasteiger partial charge in [-0.1, -0.05) is 30.3 Å². The van der Waals surface area contributed by atoms with Crippen LogP contribution in [-0.2, 0) is 13.0 Å². The average molecular weight is 320 g/mol. The lowest BCUT2D eigenvalue weighted by Gasteiger charge is -2.09. The smallest absolute Gasteiger partial charge is 0.222 e. The van der Waals surface area contributed by atoms with Crippen LogP contribution in [0.1, 0.15) is 5.56 Å². The first kappa shape index (κ1) is 14.7. The number of nitrogens with zero attached hydrogens (tertiary/aromatic N) is 2. The number of rotatable bonds is 4. The van der Waals surface area contributed by atoms with Gasteiger partial charge >= 0.3 is 0 Å². The van der Waals surface area contributed by atoms with Crippen LogP contribution in [-0.4, -0.2) is 16.7 Å². The molecule has 120 valence electrons. The first-order valence-electron chi connectivity index (χ1n) is 7.92. The van der Waals surface area contributed by atoms with Gasteiger partial charge in [0.15, 0.2) is 0 Å². The Morgan fingerprint density at radius 1 is 1.04 bits per heavy atom. The molecule has 4 aromatic rings. The first-order valence-corrected chi connectivity index (χ1v) is 7.92. The van der Waals surface area contributed by atoms with Gasteiger partial charge in [0.2, 0.25) is 5.95 Å². The molecule has 2 aromatic carbocycles. The van der Waals surface area contributed by atoms with E-state index in [2.05, 4.69) is 15.6 Å². The van der Waals surface area contributed by atoms with E-state index in [0.717, 1.165) is 29.6 Å². The molecule has 0 aliphatic rings. The highest BCUT2D eigenvalue weighted by atomic mass is 19.1. The molecule has 3 nitrogen and oxygen atoms in total. The predicted octanol–water partition coefficient (Wildman–Crippen LogP) is 4.58. The number of hydrogen-bond donors (Lipinski definition) is 0. The number of aryl methyl sites for hydroxylation is 2. The number of aromatic nitrogens is 2. The van der Waals surface area contributed by atoms with E-state index in [4.69, 9.17) is 4.74 Å². The third-order valence-corrected chi connectivity index (χ3v) is 4.34. The second kappa shape index (κ2) is 5.96. The molecule has 2 heterocycles. The second-order valence-corrected chi connectivity index (χ2v) is 5.79. The van der Waals surface area contributed by atoms with Gasteiger partial charge in [0, 0.05) is 18.1 Å². The molecule has 2 aromatic heterocycles. The van der Waals surface area contributed by atoms with Gasteiger partial charge in [-0.05, 0) is 36.2 Å². The summed E-state index contributed by atoms with van der Waals surface area (Å²) in [5, 5.41) is 1.55. The number of pyridine rings is 1. The van der Waals surface area contributed by atoms with E-state index in [9.17, 15) is 4.39 Å². The van der Waals surface area contributed by atoms with Crippen LogP contribution in [0.2, 0.25) is 0 Å². The zero-order chi connectivity index (χ0) is 16.5. The van der Waals surface area contributed by atoms with E-state index in [1.54, 1.807) is 13.2 Å². The molecule has 24 heavy (non-hydrogen) atoms. The van der Waals surface area contributed by atoms with Gasteiger partial charge < -0.3 is 9.30 Å². The summed E-state index contributed by atoms with van der Waals surface area (Å²) in [7, 11) is 1.67. The van der Waals surface area contributed by atoms with Gasteiger partial charge in [-0.25, -0.2) is 4.98 Å². The lowest BCUT2D eigenvalue weighted by molar-refractivity contribution is 0.414. The molecular formula is C20H17FN2O. The number of benzene rings is 2. The van der Waals surface area contributed by atoms with Crippen molar-refractivity contribution >= 4 is 21.8 Å².